The second-order valence-corrected chi connectivity index (χ2v) is 5.96. The Morgan fingerprint density at radius 3 is 2.35 bits per heavy atom. The van der Waals surface area contributed by atoms with E-state index in [0.717, 1.165) is 30.5 Å². The van der Waals surface area contributed by atoms with Gasteiger partial charge in [0.05, 0.1) is 0 Å². The molecule has 1 aliphatic rings. The number of rotatable bonds is 6. The van der Waals surface area contributed by atoms with Crippen molar-refractivity contribution in [2.45, 2.75) is 38.3 Å². The van der Waals surface area contributed by atoms with Gasteiger partial charge in [-0.2, -0.15) is 0 Å². The van der Waals surface area contributed by atoms with E-state index in [9.17, 15) is 9.18 Å². The summed E-state index contributed by atoms with van der Waals surface area (Å²) in [6.07, 6.45) is 3.05. The van der Waals surface area contributed by atoms with Gasteiger partial charge in [-0.3, -0.25) is 4.79 Å². The molecule has 0 bridgehead atoms. The van der Waals surface area contributed by atoms with Crippen LogP contribution in [0, 0.1) is 5.82 Å². The Kier molecular flexibility index (Phi) is 4.60. The molecule has 1 aliphatic carbocycles. The first kappa shape index (κ1) is 15.5. The number of hydrogen-bond acceptors (Lipinski definition) is 2. The van der Waals surface area contributed by atoms with Crippen molar-refractivity contribution in [2.24, 2.45) is 0 Å². The molecule has 3 nitrogen and oxygen atoms in total. The van der Waals surface area contributed by atoms with E-state index in [2.05, 4.69) is 17.6 Å². The summed E-state index contributed by atoms with van der Waals surface area (Å²) in [5, 5.41) is 6.28. The van der Waals surface area contributed by atoms with Crippen molar-refractivity contribution in [1.82, 2.24) is 5.32 Å². The van der Waals surface area contributed by atoms with Crippen LogP contribution in [-0.4, -0.2) is 11.9 Å². The van der Waals surface area contributed by atoms with Gasteiger partial charge in [0.1, 0.15) is 11.9 Å². The zero-order valence-corrected chi connectivity index (χ0v) is 13.2. The second-order valence-electron chi connectivity index (χ2n) is 5.96. The Balaban J connectivity index is 1.80. The van der Waals surface area contributed by atoms with Crippen LogP contribution in [0.4, 0.5) is 10.1 Å². The van der Waals surface area contributed by atoms with E-state index < -0.39 is 6.04 Å². The van der Waals surface area contributed by atoms with Gasteiger partial charge in [-0.25, -0.2) is 4.39 Å². The van der Waals surface area contributed by atoms with E-state index >= 15 is 0 Å². The van der Waals surface area contributed by atoms with Gasteiger partial charge in [-0.05, 0) is 54.7 Å². The molecule has 0 saturated heterocycles. The van der Waals surface area contributed by atoms with Crippen molar-refractivity contribution >= 4 is 11.6 Å². The molecule has 120 valence electrons. The molecule has 3 rings (SSSR count). The lowest BCUT2D eigenvalue weighted by Crippen LogP contribution is -2.34. The Morgan fingerprint density at radius 1 is 1.13 bits per heavy atom. The normalized spacial score (nSPS) is 15.0. The Hall–Kier alpha value is -2.36. The molecule has 4 heteroatoms. The lowest BCUT2D eigenvalue weighted by atomic mass is 10.0. The maximum atomic E-state index is 13.2. The molecule has 0 unspecified atom stereocenters. The van der Waals surface area contributed by atoms with E-state index in [1.165, 1.54) is 17.7 Å². The molecule has 1 fully saturated rings. The molecule has 1 saturated carbocycles. The SMILES string of the molecule is CCc1ccc(N[C@@H](C(=O)NC2CC2)c2ccc(F)cc2)cc1. The van der Waals surface area contributed by atoms with Crippen molar-refractivity contribution < 1.29 is 9.18 Å². The Bertz CT molecular complexity index is 663. The Labute approximate surface area is 135 Å². The minimum Gasteiger partial charge on any atom is -0.370 e. The Morgan fingerprint density at radius 2 is 1.78 bits per heavy atom. The molecule has 0 radical (unpaired) electrons. The third-order valence-corrected chi connectivity index (χ3v) is 4.06. The van der Waals surface area contributed by atoms with Crippen LogP contribution >= 0.6 is 0 Å². The van der Waals surface area contributed by atoms with Crippen molar-refractivity contribution in [3.8, 4) is 0 Å². The molecule has 1 atom stereocenters. The highest BCUT2D eigenvalue weighted by Crippen LogP contribution is 2.24. The number of anilines is 1. The summed E-state index contributed by atoms with van der Waals surface area (Å²) in [4.78, 5) is 12.5. The zero-order valence-electron chi connectivity index (χ0n) is 13.2. The third kappa shape index (κ3) is 4.09. The average Bonchev–Trinajstić information content (AvgIpc) is 3.38. The van der Waals surface area contributed by atoms with Crippen LogP contribution in [0.2, 0.25) is 0 Å². The predicted octanol–water partition coefficient (Wildman–Crippen LogP) is 3.82. The summed E-state index contributed by atoms with van der Waals surface area (Å²) in [6, 6.07) is 13.9. The van der Waals surface area contributed by atoms with E-state index in [4.69, 9.17) is 0 Å². The zero-order chi connectivity index (χ0) is 16.2. The van der Waals surface area contributed by atoms with Gasteiger partial charge in [0, 0.05) is 11.7 Å². The molecule has 1 amide bonds. The summed E-state index contributed by atoms with van der Waals surface area (Å²) >= 11 is 0. The summed E-state index contributed by atoms with van der Waals surface area (Å²) in [5.74, 6) is -0.374. The fourth-order valence-electron chi connectivity index (χ4n) is 2.47. The van der Waals surface area contributed by atoms with E-state index in [1.807, 2.05) is 24.3 Å². The number of carbonyl (C=O) groups excluding carboxylic acids is 1. The lowest BCUT2D eigenvalue weighted by molar-refractivity contribution is -0.122. The van der Waals surface area contributed by atoms with E-state index in [1.54, 1.807) is 12.1 Å². The highest BCUT2D eigenvalue weighted by Gasteiger charge is 2.28. The molecule has 23 heavy (non-hydrogen) atoms. The van der Waals surface area contributed by atoms with Crippen LogP contribution in [0.3, 0.4) is 0 Å². The van der Waals surface area contributed by atoms with Gasteiger partial charge >= 0.3 is 0 Å². The summed E-state index contributed by atoms with van der Waals surface area (Å²) in [5.41, 5.74) is 2.88. The number of amides is 1. The monoisotopic (exact) mass is 312 g/mol. The molecule has 2 aromatic carbocycles. The van der Waals surface area contributed by atoms with Crippen LogP contribution < -0.4 is 10.6 Å². The van der Waals surface area contributed by atoms with Gasteiger partial charge in [0.15, 0.2) is 0 Å². The highest BCUT2D eigenvalue weighted by molar-refractivity contribution is 5.86. The topological polar surface area (TPSA) is 41.1 Å². The molecular formula is C19H21FN2O. The van der Waals surface area contributed by atoms with Crippen LogP contribution in [0.15, 0.2) is 48.5 Å². The van der Waals surface area contributed by atoms with Gasteiger partial charge in [0.25, 0.3) is 0 Å². The van der Waals surface area contributed by atoms with Crippen LogP contribution in [0.1, 0.15) is 36.9 Å². The molecule has 0 aromatic heterocycles. The van der Waals surface area contributed by atoms with Gasteiger partial charge < -0.3 is 10.6 Å². The number of carbonyl (C=O) groups is 1. The molecule has 0 aliphatic heterocycles. The number of benzene rings is 2. The van der Waals surface area contributed by atoms with Gasteiger partial charge in [-0.15, -0.1) is 0 Å². The van der Waals surface area contributed by atoms with Crippen molar-refractivity contribution in [2.75, 3.05) is 5.32 Å². The third-order valence-electron chi connectivity index (χ3n) is 4.06. The summed E-state index contributed by atoms with van der Waals surface area (Å²) in [6.45, 7) is 2.10. The maximum absolute atomic E-state index is 13.2. The van der Waals surface area contributed by atoms with Crippen molar-refractivity contribution in [3.05, 3.63) is 65.5 Å². The molecule has 2 N–H and O–H groups in total. The van der Waals surface area contributed by atoms with Crippen molar-refractivity contribution in [1.29, 1.82) is 0 Å². The number of nitrogens with one attached hydrogen (secondary N) is 2. The van der Waals surface area contributed by atoms with E-state index in [-0.39, 0.29) is 17.8 Å². The highest BCUT2D eigenvalue weighted by atomic mass is 19.1. The first-order valence-corrected chi connectivity index (χ1v) is 8.07. The smallest absolute Gasteiger partial charge is 0.247 e. The predicted molar refractivity (Wildman–Crippen MR) is 89.7 cm³/mol. The van der Waals surface area contributed by atoms with Crippen LogP contribution in [0.25, 0.3) is 0 Å². The quantitative estimate of drug-likeness (QED) is 0.851. The first-order valence-electron chi connectivity index (χ1n) is 8.07. The van der Waals surface area contributed by atoms with Crippen molar-refractivity contribution in [3.63, 3.8) is 0 Å². The fourth-order valence-corrected chi connectivity index (χ4v) is 2.47. The maximum Gasteiger partial charge on any atom is 0.247 e. The lowest BCUT2D eigenvalue weighted by Gasteiger charge is -2.20. The van der Waals surface area contributed by atoms with Crippen LogP contribution in [-0.2, 0) is 11.2 Å². The minimum atomic E-state index is -0.524. The summed E-state index contributed by atoms with van der Waals surface area (Å²) < 4.78 is 13.2. The largest absolute Gasteiger partial charge is 0.370 e. The van der Waals surface area contributed by atoms with Crippen LogP contribution in [0.5, 0.6) is 0 Å². The second kappa shape index (κ2) is 6.82. The molecule has 0 spiro atoms. The molecule has 2 aromatic rings. The number of hydrogen-bond donors (Lipinski definition) is 2. The minimum absolute atomic E-state index is 0.0707. The summed E-state index contributed by atoms with van der Waals surface area (Å²) in [7, 11) is 0. The van der Waals surface area contributed by atoms with Gasteiger partial charge in [0.2, 0.25) is 5.91 Å². The first-order chi connectivity index (χ1) is 11.2. The van der Waals surface area contributed by atoms with Gasteiger partial charge in [-0.1, -0.05) is 31.2 Å². The average molecular weight is 312 g/mol. The van der Waals surface area contributed by atoms with E-state index in [0.29, 0.717) is 0 Å². The standard InChI is InChI=1S/C19H21FN2O/c1-2-13-3-9-16(10-4-13)21-18(19(23)22-17-11-12-17)14-5-7-15(20)8-6-14/h3-10,17-18,21H,2,11-12H2,1H3,(H,22,23)/t18-/m1/s1. The fraction of sp³-hybridized carbons (Fsp3) is 0.316. The number of halogens is 1. The number of aryl methyl sites for hydroxylation is 1. The molecule has 0 heterocycles. The molecular weight excluding hydrogens is 291 g/mol.